The Morgan fingerprint density at radius 1 is 1.10 bits per heavy atom. The van der Waals surface area contributed by atoms with Crippen molar-refractivity contribution in [3.8, 4) is 5.75 Å². The Bertz CT molecular complexity index is 675. The van der Waals surface area contributed by atoms with E-state index in [0.29, 0.717) is 17.0 Å². The lowest BCUT2D eigenvalue weighted by atomic mass is 10.1. The minimum absolute atomic E-state index is 0.190. The standard InChI is InChI=1S/C15H14Br2N2O2/c1-18-12-6-4-3-5-9(12)15(20)19-13-8-14(21-2)11(17)7-10(13)16/h3-8,18H,1-2H3,(H,19,20). The van der Waals surface area contributed by atoms with Crippen LogP contribution in [0.5, 0.6) is 5.75 Å². The van der Waals surface area contributed by atoms with Gasteiger partial charge in [0.15, 0.2) is 0 Å². The van der Waals surface area contributed by atoms with Gasteiger partial charge in [-0.2, -0.15) is 0 Å². The molecule has 6 heteroatoms. The van der Waals surface area contributed by atoms with Gasteiger partial charge >= 0.3 is 0 Å². The van der Waals surface area contributed by atoms with E-state index in [1.807, 2.05) is 24.3 Å². The van der Waals surface area contributed by atoms with Crippen LogP contribution in [0.3, 0.4) is 0 Å². The van der Waals surface area contributed by atoms with Crippen LogP contribution in [0, 0.1) is 0 Å². The third kappa shape index (κ3) is 3.57. The monoisotopic (exact) mass is 412 g/mol. The molecule has 2 aromatic rings. The number of carbonyl (C=O) groups is 1. The van der Waals surface area contributed by atoms with Crippen molar-refractivity contribution in [2.24, 2.45) is 0 Å². The molecule has 0 fully saturated rings. The zero-order valence-corrected chi connectivity index (χ0v) is 14.7. The lowest BCUT2D eigenvalue weighted by Crippen LogP contribution is -2.14. The number of amides is 1. The summed E-state index contributed by atoms with van der Waals surface area (Å²) in [5, 5.41) is 5.88. The predicted octanol–water partition coefficient (Wildman–Crippen LogP) is 4.51. The molecule has 0 aliphatic heterocycles. The smallest absolute Gasteiger partial charge is 0.257 e. The van der Waals surface area contributed by atoms with Gasteiger partial charge in [0.1, 0.15) is 5.75 Å². The van der Waals surface area contributed by atoms with E-state index in [2.05, 4.69) is 42.5 Å². The second-order valence-electron chi connectivity index (χ2n) is 4.22. The summed E-state index contributed by atoms with van der Waals surface area (Å²) in [6.45, 7) is 0. The highest BCUT2D eigenvalue weighted by molar-refractivity contribution is 9.11. The molecular formula is C15H14Br2N2O2. The average Bonchev–Trinajstić information content (AvgIpc) is 2.49. The van der Waals surface area contributed by atoms with E-state index in [4.69, 9.17) is 4.74 Å². The summed E-state index contributed by atoms with van der Waals surface area (Å²) in [4.78, 5) is 12.4. The zero-order valence-electron chi connectivity index (χ0n) is 11.5. The highest BCUT2D eigenvalue weighted by Crippen LogP contribution is 2.34. The van der Waals surface area contributed by atoms with Crippen LogP contribution < -0.4 is 15.4 Å². The molecule has 4 nitrogen and oxygen atoms in total. The maximum atomic E-state index is 12.4. The van der Waals surface area contributed by atoms with E-state index in [1.54, 1.807) is 26.3 Å². The predicted molar refractivity (Wildman–Crippen MR) is 92.3 cm³/mol. The largest absolute Gasteiger partial charge is 0.495 e. The molecule has 0 heterocycles. The van der Waals surface area contributed by atoms with Gasteiger partial charge in [-0.3, -0.25) is 4.79 Å². The van der Waals surface area contributed by atoms with Crippen LogP contribution in [0.15, 0.2) is 45.3 Å². The maximum Gasteiger partial charge on any atom is 0.257 e. The first-order valence-corrected chi connectivity index (χ1v) is 7.76. The molecule has 0 atom stereocenters. The van der Waals surface area contributed by atoms with Gasteiger partial charge in [0.25, 0.3) is 5.91 Å². The number of benzene rings is 2. The number of ether oxygens (including phenoxy) is 1. The first kappa shape index (κ1) is 15.9. The zero-order chi connectivity index (χ0) is 15.4. The van der Waals surface area contributed by atoms with Crippen LogP contribution in [-0.4, -0.2) is 20.1 Å². The topological polar surface area (TPSA) is 50.4 Å². The van der Waals surface area contributed by atoms with E-state index >= 15 is 0 Å². The molecule has 0 aliphatic carbocycles. The number of rotatable bonds is 4. The van der Waals surface area contributed by atoms with E-state index in [9.17, 15) is 4.79 Å². The molecule has 0 spiro atoms. The molecule has 0 saturated heterocycles. The average molecular weight is 414 g/mol. The molecule has 21 heavy (non-hydrogen) atoms. The summed E-state index contributed by atoms with van der Waals surface area (Å²) in [6.07, 6.45) is 0. The normalized spacial score (nSPS) is 10.1. The summed E-state index contributed by atoms with van der Waals surface area (Å²) in [5.41, 5.74) is 2.00. The lowest BCUT2D eigenvalue weighted by Gasteiger charge is -2.13. The second-order valence-corrected chi connectivity index (χ2v) is 5.92. The van der Waals surface area contributed by atoms with Crippen LogP contribution in [0.2, 0.25) is 0 Å². The number of para-hydroxylation sites is 1. The number of halogens is 2. The molecule has 0 aromatic heterocycles. The molecule has 2 rings (SSSR count). The summed E-state index contributed by atoms with van der Waals surface area (Å²) >= 11 is 6.83. The van der Waals surface area contributed by atoms with E-state index in [-0.39, 0.29) is 5.91 Å². The molecule has 0 saturated carbocycles. The van der Waals surface area contributed by atoms with Crippen LogP contribution in [0.4, 0.5) is 11.4 Å². The van der Waals surface area contributed by atoms with Gasteiger partial charge in [0.05, 0.1) is 22.8 Å². The molecule has 0 unspecified atom stereocenters. The molecule has 0 aliphatic rings. The molecule has 1 amide bonds. The Labute approximate surface area is 140 Å². The maximum absolute atomic E-state index is 12.4. The fourth-order valence-corrected chi connectivity index (χ4v) is 3.13. The van der Waals surface area contributed by atoms with E-state index in [1.165, 1.54) is 0 Å². The third-order valence-electron chi connectivity index (χ3n) is 2.93. The molecular weight excluding hydrogens is 400 g/mol. The summed E-state index contributed by atoms with van der Waals surface area (Å²) in [7, 11) is 3.36. The van der Waals surface area contributed by atoms with Crippen molar-refractivity contribution in [1.29, 1.82) is 0 Å². The minimum Gasteiger partial charge on any atom is -0.495 e. The summed E-state index contributed by atoms with van der Waals surface area (Å²) in [6, 6.07) is 10.9. The number of carbonyl (C=O) groups excluding carboxylic acids is 1. The van der Waals surface area contributed by atoms with Crippen LogP contribution >= 0.6 is 31.9 Å². The van der Waals surface area contributed by atoms with E-state index < -0.39 is 0 Å². The van der Waals surface area contributed by atoms with Crippen LogP contribution in [0.1, 0.15) is 10.4 Å². The number of methoxy groups -OCH3 is 1. The Morgan fingerprint density at radius 3 is 2.48 bits per heavy atom. The molecule has 110 valence electrons. The fraction of sp³-hybridized carbons (Fsp3) is 0.133. The van der Waals surface area contributed by atoms with Crippen molar-refractivity contribution in [2.75, 3.05) is 24.8 Å². The van der Waals surface area contributed by atoms with Gasteiger partial charge in [0, 0.05) is 23.3 Å². The van der Waals surface area contributed by atoms with Gasteiger partial charge in [0.2, 0.25) is 0 Å². The number of nitrogens with one attached hydrogen (secondary N) is 2. The summed E-state index contributed by atoms with van der Waals surface area (Å²) < 4.78 is 6.82. The number of hydrogen-bond donors (Lipinski definition) is 2. The quantitative estimate of drug-likeness (QED) is 0.774. The first-order chi connectivity index (χ1) is 10.1. The van der Waals surface area contributed by atoms with Crippen LogP contribution in [-0.2, 0) is 0 Å². The summed E-state index contributed by atoms with van der Waals surface area (Å²) in [5.74, 6) is 0.459. The Kier molecular flexibility index (Phi) is 5.25. The third-order valence-corrected chi connectivity index (χ3v) is 4.21. The van der Waals surface area contributed by atoms with Gasteiger partial charge in [-0.25, -0.2) is 0 Å². The van der Waals surface area contributed by atoms with Gasteiger partial charge < -0.3 is 15.4 Å². The van der Waals surface area contributed by atoms with Crippen molar-refractivity contribution in [3.63, 3.8) is 0 Å². The van der Waals surface area contributed by atoms with Crippen LogP contribution in [0.25, 0.3) is 0 Å². The number of hydrogen-bond acceptors (Lipinski definition) is 3. The van der Waals surface area contributed by atoms with E-state index in [0.717, 1.165) is 14.6 Å². The highest BCUT2D eigenvalue weighted by Gasteiger charge is 2.13. The van der Waals surface area contributed by atoms with Gasteiger partial charge in [-0.05, 0) is 50.1 Å². The van der Waals surface area contributed by atoms with Gasteiger partial charge in [-0.1, -0.05) is 12.1 Å². The van der Waals surface area contributed by atoms with Crippen molar-refractivity contribution < 1.29 is 9.53 Å². The van der Waals surface area contributed by atoms with Crippen molar-refractivity contribution in [2.45, 2.75) is 0 Å². The second kappa shape index (κ2) is 6.95. The van der Waals surface area contributed by atoms with Crippen molar-refractivity contribution in [1.82, 2.24) is 0 Å². The highest BCUT2D eigenvalue weighted by atomic mass is 79.9. The minimum atomic E-state index is -0.190. The molecule has 2 N–H and O–H groups in total. The van der Waals surface area contributed by atoms with Crippen molar-refractivity contribution >= 4 is 49.1 Å². The molecule has 0 radical (unpaired) electrons. The molecule has 2 aromatic carbocycles. The van der Waals surface area contributed by atoms with Crippen molar-refractivity contribution in [3.05, 3.63) is 50.9 Å². The molecule has 0 bridgehead atoms. The number of anilines is 2. The Hall–Kier alpha value is -1.53. The Balaban J connectivity index is 2.31. The van der Waals surface area contributed by atoms with Gasteiger partial charge in [-0.15, -0.1) is 0 Å². The first-order valence-electron chi connectivity index (χ1n) is 6.18. The SMILES string of the molecule is CNc1ccccc1C(=O)Nc1cc(OC)c(Br)cc1Br. The fourth-order valence-electron chi connectivity index (χ4n) is 1.87. The Morgan fingerprint density at radius 2 is 1.81 bits per heavy atom. The lowest BCUT2D eigenvalue weighted by molar-refractivity contribution is 0.102.